The van der Waals surface area contributed by atoms with Gasteiger partial charge in [0, 0.05) is 43.6 Å². The third-order valence-corrected chi connectivity index (χ3v) is 3.81. The molecule has 0 saturated heterocycles. The van der Waals surface area contributed by atoms with Crippen molar-refractivity contribution in [3.63, 3.8) is 0 Å². The van der Waals surface area contributed by atoms with Crippen LogP contribution in [0, 0.1) is 6.92 Å². The van der Waals surface area contributed by atoms with Crippen LogP contribution in [0.4, 0.5) is 0 Å². The maximum atomic E-state index is 11.5. The van der Waals surface area contributed by atoms with Crippen molar-refractivity contribution in [2.24, 2.45) is 0 Å². The fraction of sp³-hybridized carbons (Fsp3) is 0.278. The molecule has 0 fully saturated rings. The SMILES string of the molecule is C=CCN1CC=C(Oc2ccc3c(C)cc(=O)oc3c2)CC1. The van der Waals surface area contributed by atoms with Crippen LogP contribution in [0.25, 0.3) is 11.0 Å². The van der Waals surface area contributed by atoms with Crippen LogP contribution in [0.2, 0.25) is 0 Å². The van der Waals surface area contributed by atoms with E-state index in [0.29, 0.717) is 11.3 Å². The summed E-state index contributed by atoms with van der Waals surface area (Å²) in [7, 11) is 0. The quantitative estimate of drug-likeness (QED) is 0.642. The molecular weight excluding hydrogens is 278 g/mol. The van der Waals surface area contributed by atoms with Crippen LogP contribution in [0.3, 0.4) is 0 Å². The first-order valence-corrected chi connectivity index (χ1v) is 7.40. The van der Waals surface area contributed by atoms with Crippen LogP contribution in [0.1, 0.15) is 12.0 Å². The van der Waals surface area contributed by atoms with E-state index in [2.05, 4.69) is 17.6 Å². The van der Waals surface area contributed by atoms with E-state index < -0.39 is 0 Å². The van der Waals surface area contributed by atoms with Gasteiger partial charge in [-0.25, -0.2) is 4.79 Å². The summed E-state index contributed by atoms with van der Waals surface area (Å²) in [5, 5.41) is 0.932. The number of benzene rings is 1. The summed E-state index contributed by atoms with van der Waals surface area (Å²) in [5.74, 6) is 1.65. The van der Waals surface area contributed by atoms with Crippen molar-refractivity contribution in [2.75, 3.05) is 19.6 Å². The van der Waals surface area contributed by atoms with E-state index in [4.69, 9.17) is 9.15 Å². The van der Waals surface area contributed by atoms with Gasteiger partial charge in [0.25, 0.3) is 0 Å². The topological polar surface area (TPSA) is 42.7 Å². The van der Waals surface area contributed by atoms with Gasteiger partial charge < -0.3 is 9.15 Å². The number of hydrogen-bond acceptors (Lipinski definition) is 4. The molecule has 4 heteroatoms. The van der Waals surface area contributed by atoms with Gasteiger partial charge in [0.05, 0.1) is 0 Å². The highest BCUT2D eigenvalue weighted by Crippen LogP contribution is 2.24. The van der Waals surface area contributed by atoms with Crippen LogP contribution >= 0.6 is 0 Å². The number of hydrogen-bond donors (Lipinski definition) is 0. The van der Waals surface area contributed by atoms with Crippen molar-refractivity contribution in [3.05, 3.63) is 64.7 Å². The lowest BCUT2D eigenvalue weighted by Gasteiger charge is -2.24. The van der Waals surface area contributed by atoms with Crippen molar-refractivity contribution < 1.29 is 9.15 Å². The summed E-state index contributed by atoms with van der Waals surface area (Å²) < 4.78 is 11.2. The Morgan fingerprint density at radius 2 is 2.27 bits per heavy atom. The zero-order valence-corrected chi connectivity index (χ0v) is 12.7. The molecule has 2 aromatic rings. The molecule has 0 aliphatic carbocycles. The zero-order chi connectivity index (χ0) is 15.5. The molecule has 4 nitrogen and oxygen atoms in total. The first-order valence-electron chi connectivity index (χ1n) is 7.40. The summed E-state index contributed by atoms with van der Waals surface area (Å²) in [5.41, 5.74) is 1.14. The molecule has 0 bridgehead atoms. The Morgan fingerprint density at radius 3 is 3.00 bits per heavy atom. The number of rotatable bonds is 4. The molecule has 0 spiro atoms. The summed E-state index contributed by atoms with van der Waals surface area (Å²) in [6.45, 7) is 8.37. The maximum absolute atomic E-state index is 11.5. The van der Waals surface area contributed by atoms with Crippen molar-refractivity contribution in [1.29, 1.82) is 0 Å². The lowest BCUT2D eigenvalue weighted by atomic mass is 10.1. The summed E-state index contributed by atoms with van der Waals surface area (Å²) in [6.07, 6.45) is 4.86. The van der Waals surface area contributed by atoms with Gasteiger partial charge in [-0.3, -0.25) is 4.90 Å². The van der Waals surface area contributed by atoms with E-state index in [1.807, 2.05) is 25.1 Å². The average molecular weight is 297 g/mol. The highest BCUT2D eigenvalue weighted by atomic mass is 16.5. The molecule has 22 heavy (non-hydrogen) atoms. The first kappa shape index (κ1) is 14.6. The van der Waals surface area contributed by atoms with Gasteiger partial charge in [-0.15, -0.1) is 6.58 Å². The van der Waals surface area contributed by atoms with Gasteiger partial charge in [0.15, 0.2) is 0 Å². The van der Waals surface area contributed by atoms with E-state index in [-0.39, 0.29) is 5.63 Å². The summed E-state index contributed by atoms with van der Waals surface area (Å²) in [6, 6.07) is 7.12. The van der Waals surface area contributed by atoms with E-state index >= 15 is 0 Å². The fourth-order valence-electron chi connectivity index (χ4n) is 2.65. The van der Waals surface area contributed by atoms with E-state index in [1.54, 1.807) is 6.07 Å². The number of ether oxygens (including phenoxy) is 1. The molecule has 3 rings (SSSR count). The molecule has 0 saturated carbocycles. The monoisotopic (exact) mass is 297 g/mol. The van der Waals surface area contributed by atoms with Crippen molar-refractivity contribution in [3.8, 4) is 5.75 Å². The Labute approximate surface area is 129 Å². The molecule has 1 aromatic heterocycles. The number of nitrogens with zero attached hydrogens (tertiary/aromatic N) is 1. The summed E-state index contributed by atoms with van der Waals surface area (Å²) >= 11 is 0. The molecule has 0 amide bonds. The van der Waals surface area contributed by atoms with E-state index in [9.17, 15) is 4.79 Å². The molecule has 1 aliphatic heterocycles. The molecule has 114 valence electrons. The highest BCUT2D eigenvalue weighted by molar-refractivity contribution is 5.81. The Bertz CT molecular complexity index is 789. The molecule has 1 aliphatic rings. The molecule has 1 aromatic carbocycles. The highest BCUT2D eigenvalue weighted by Gasteiger charge is 2.12. The minimum atomic E-state index is -0.334. The standard InChI is InChI=1S/C18H19NO3/c1-3-8-19-9-6-14(7-10-19)21-15-4-5-16-13(2)11-18(20)22-17(16)12-15/h3-6,11-12H,1,7-10H2,2H3. The second kappa shape index (κ2) is 6.20. The smallest absolute Gasteiger partial charge is 0.336 e. The van der Waals surface area contributed by atoms with Crippen LogP contribution in [-0.2, 0) is 0 Å². The minimum Gasteiger partial charge on any atom is -0.462 e. The van der Waals surface area contributed by atoms with Gasteiger partial charge >= 0.3 is 5.63 Å². The third kappa shape index (κ3) is 3.12. The second-order valence-corrected chi connectivity index (χ2v) is 5.48. The first-order chi connectivity index (χ1) is 10.7. The van der Waals surface area contributed by atoms with Gasteiger partial charge in [-0.1, -0.05) is 6.08 Å². The zero-order valence-electron chi connectivity index (χ0n) is 12.7. The normalized spacial score (nSPS) is 15.6. The second-order valence-electron chi connectivity index (χ2n) is 5.48. The van der Waals surface area contributed by atoms with Crippen LogP contribution in [-0.4, -0.2) is 24.5 Å². The van der Waals surface area contributed by atoms with E-state index in [0.717, 1.165) is 42.8 Å². The third-order valence-electron chi connectivity index (χ3n) is 3.81. The minimum absolute atomic E-state index is 0.334. The summed E-state index contributed by atoms with van der Waals surface area (Å²) in [4.78, 5) is 13.8. The molecule has 0 N–H and O–H groups in total. The van der Waals surface area contributed by atoms with Gasteiger partial charge in [0.1, 0.15) is 17.1 Å². The van der Waals surface area contributed by atoms with Crippen LogP contribution in [0.5, 0.6) is 5.75 Å². The fourth-order valence-corrected chi connectivity index (χ4v) is 2.65. The average Bonchev–Trinajstić information content (AvgIpc) is 2.49. The van der Waals surface area contributed by atoms with Gasteiger partial charge in [-0.2, -0.15) is 0 Å². The van der Waals surface area contributed by atoms with Crippen molar-refractivity contribution in [1.82, 2.24) is 4.90 Å². The number of fused-ring (bicyclic) bond motifs is 1. The van der Waals surface area contributed by atoms with E-state index in [1.165, 1.54) is 6.07 Å². The lowest BCUT2D eigenvalue weighted by molar-refractivity contribution is 0.282. The Morgan fingerprint density at radius 1 is 1.41 bits per heavy atom. The molecule has 0 unspecified atom stereocenters. The van der Waals surface area contributed by atoms with Crippen molar-refractivity contribution >= 4 is 11.0 Å². The van der Waals surface area contributed by atoms with Gasteiger partial charge in [-0.05, 0) is 30.7 Å². The molecular formula is C18H19NO3. The Hall–Kier alpha value is -2.33. The molecule has 0 atom stereocenters. The molecule has 2 heterocycles. The predicted molar refractivity (Wildman–Crippen MR) is 87.2 cm³/mol. The lowest BCUT2D eigenvalue weighted by Crippen LogP contribution is -2.29. The Balaban J connectivity index is 1.80. The van der Waals surface area contributed by atoms with Crippen molar-refractivity contribution in [2.45, 2.75) is 13.3 Å². The van der Waals surface area contributed by atoms with Crippen LogP contribution in [0.15, 0.2) is 58.0 Å². The van der Waals surface area contributed by atoms with Gasteiger partial charge in [0.2, 0.25) is 0 Å². The number of aryl methyl sites for hydroxylation is 1. The predicted octanol–water partition coefficient (Wildman–Crippen LogP) is 3.26. The van der Waals surface area contributed by atoms with Crippen LogP contribution < -0.4 is 10.4 Å². The maximum Gasteiger partial charge on any atom is 0.336 e. The largest absolute Gasteiger partial charge is 0.462 e. The Kier molecular flexibility index (Phi) is 4.11. The molecule has 0 radical (unpaired) electrons.